The van der Waals surface area contributed by atoms with Crippen LogP contribution in [0.25, 0.3) is 10.8 Å². The van der Waals surface area contributed by atoms with Crippen molar-refractivity contribution in [1.29, 1.82) is 0 Å². The fraction of sp³-hybridized carbons (Fsp3) is 0.0833. The molecule has 0 fully saturated rings. The second kappa shape index (κ2) is 8.67. The Kier molecular flexibility index (Phi) is 5.90. The van der Waals surface area contributed by atoms with Gasteiger partial charge in [0.15, 0.2) is 0 Å². The summed E-state index contributed by atoms with van der Waals surface area (Å²) in [6.45, 7) is 0.114. The zero-order chi connectivity index (χ0) is 23.6. The van der Waals surface area contributed by atoms with E-state index in [-0.39, 0.29) is 17.3 Å². The van der Waals surface area contributed by atoms with E-state index in [0.717, 1.165) is 29.0 Å². The van der Waals surface area contributed by atoms with Crippen molar-refractivity contribution in [2.75, 3.05) is 0 Å². The molecular weight excluding hydrogens is 453 g/mol. The van der Waals surface area contributed by atoms with E-state index in [0.29, 0.717) is 11.1 Å². The summed E-state index contributed by atoms with van der Waals surface area (Å²) in [5.41, 5.74) is -0.181. The Balaban J connectivity index is 1.50. The third-order valence-corrected chi connectivity index (χ3v) is 6.90. The lowest BCUT2D eigenvalue weighted by Crippen LogP contribution is -2.22. The molecule has 168 valence electrons. The van der Waals surface area contributed by atoms with Crippen LogP contribution in [0.1, 0.15) is 21.5 Å². The number of carbonyl (C=O) groups excluding carboxylic acids is 1. The van der Waals surface area contributed by atoms with E-state index in [4.69, 9.17) is 0 Å². The van der Waals surface area contributed by atoms with Crippen molar-refractivity contribution in [2.24, 2.45) is 0 Å². The predicted molar refractivity (Wildman–Crippen MR) is 116 cm³/mol. The Morgan fingerprint density at radius 2 is 1.64 bits per heavy atom. The number of amides is 1. The Hall–Kier alpha value is -3.72. The summed E-state index contributed by atoms with van der Waals surface area (Å²) in [4.78, 5) is 15.4. The van der Waals surface area contributed by atoms with Gasteiger partial charge in [0, 0.05) is 29.9 Å². The first kappa shape index (κ1) is 22.5. The molecule has 3 aromatic carbocycles. The van der Waals surface area contributed by atoms with Crippen LogP contribution in [0.2, 0.25) is 0 Å². The Labute approximate surface area is 187 Å². The summed E-state index contributed by atoms with van der Waals surface area (Å²) < 4.78 is 65.4. The number of carbonyl (C=O) groups is 1. The summed E-state index contributed by atoms with van der Waals surface area (Å²) in [6, 6.07) is 16.5. The molecular formula is C24H17F3N2O3S. The van der Waals surface area contributed by atoms with Gasteiger partial charge >= 0.3 is 6.18 Å². The average Bonchev–Trinajstić information content (AvgIpc) is 2.82. The molecule has 9 heteroatoms. The number of hydrogen-bond acceptors (Lipinski definition) is 4. The molecule has 0 aliphatic carbocycles. The third kappa shape index (κ3) is 4.73. The van der Waals surface area contributed by atoms with Gasteiger partial charge in [0.25, 0.3) is 5.91 Å². The highest BCUT2D eigenvalue weighted by molar-refractivity contribution is 7.91. The number of nitrogens with one attached hydrogen (secondary N) is 1. The topological polar surface area (TPSA) is 76.1 Å². The fourth-order valence-electron chi connectivity index (χ4n) is 3.36. The van der Waals surface area contributed by atoms with Crippen molar-refractivity contribution < 1.29 is 26.4 Å². The Morgan fingerprint density at radius 3 is 2.36 bits per heavy atom. The van der Waals surface area contributed by atoms with Crippen molar-refractivity contribution in [1.82, 2.24) is 10.3 Å². The molecule has 0 spiro atoms. The average molecular weight is 470 g/mol. The minimum absolute atomic E-state index is 0.114. The molecule has 0 saturated heterocycles. The zero-order valence-corrected chi connectivity index (χ0v) is 17.8. The minimum atomic E-state index is -4.80. The van der Waals surface area contributed by atoms with E-state index in [1.807, 2.05) is 12.1 Å². The van der Waals surface area contributed by atoms with E-state index in [2.05, 4.69) is 10.3 Å². The summed E-state index contributed by atoms with van der Waals surface area (Å²) in [5.74, 6) is -0.323. The number of alkyl halides is 3. The molecule has 0 bridgehead atoms. The maximum atomic E-state index is 13.3. The molecule has 0 radical (unpaired) electrons. The fourth-order valence-corrected chi connectivity index (χ4v) is 4.84. The van der Waals surface area contributed by atoms with Gasteiger partial charge in [-0.3, -0.25) is 9.78 Å². The smallest absolute Gasteiger partial charge is 0.348 e. The molecule has 1 aromatic heterocycles. The van der Waals surface area contributed by atoms with Gasteiger partial charge in [-0.2, -0.15) is 13.2 Å². The summed E-state index contributed by atoms with van der Waals surface area (Å²) >= 11 is 0. The number of fused-ring (bicyclic) bond motifs is 1. The van der Waals surface area contributed by atoms with Gasteiger partial charge in [0.2, 0.25) is 9.84 Å². The molecule has 4 aromatic rings. The first-order valence-corrected chi connectivity index (χ1v) is 11.3. The Morgan fingerprint density at radius 1 is 0.909 bits per heavy atom. The highest BCUT2D eigenvalue weighted by Crippen LogP contribution is 2.36. The van der Waals surface area contributed by atoms with Crippen molar-refractivity contribution in [3.8, 4) is 0 Å². The number of pyridine rings is 1. The lowest BCUT2D eigenvalue weighted by molar-refractivity contribution is -0.139. The molecule has 33 heavy (non-hydrogen) atoms. The molecule has 1 N–H and O–H groups in total. The lowest BCUT2D eigenvalue weighted by atomic mass is 10.1. The van der Waals surface area contributed by atoms with Gasteiger partial charge in [-0.25, -0.2) is 8.42 Å². The van der Waals surface area contributed by atoms with Gasteiger partial charge in [-0.1, -0.05) is 30.3 Å². The third-order valence-electron chi connectivity index (χ3n) is 5.07. The predicted octanol–water partition coefficient (Wildman–Crippen LogP) is 5.02. The van der Waals surface area contributed by atoms with Crippen LogP contribution < -0.4 is 5.32 Å². The second-order valence-corrected chi connectivity index (χ2v) is 9.18. The molecule has 0 aliphatic rings. The van der Waals surface area contributed by atoms with Crippen LogP contribution >= 0.6 is 0 Å². The number of halogens is 3. The van der Waals surface area contributed by atoms with E-state index in [1.165, 1.54) is 30.3 Å². The summed E-state index contributed by atoms with van der Waals surface area (Å²) in [6.07, 6.45) is -1.48. The van der Waals surface area contributed by atoms with Gasteiger partial charge in [0.05, 0.1) is 15.4 Å². The molecule has 1 heterocycles. The van der Waals surface area contributed by atoms with Crippen LogP contribution in [0.4, 0.5) is 13.2 Å². The quantitative estimate of drug-likeness (QED) is 0.445. The summed E-state index contributed by atoms with van der Waals surface area (Å²) in [7, 11) is -4.38. The van der Waals surface area contributed by atoms with Crippen LogP contribution in [-0.4, -0.2) is 19.3 Å². The Bertz CT molecular complexity index is 1430. The van der Waals surface area contributed by atoms with E-state index < -0.39 is 26.5 Å². The molecule has 0 atom stereocenters. The molecule has 4 rings (SSSR count). The van der Waals surface area contributed by atoms with Gasteiger partial charge < -0.3 is 5.32 Å². The van der Waals surface area contributed by atoms with Crippen molar-refractivity contribution in [3.05, 3.63) is 102 Å². The lowest BCUT2D eigenvalue weighted by Gasteiger charge is -2.13. The molecule has 0 saturated carbocycles. The van der Waals surface area contributed by atoms with Gasteiger partial charge in [0.1, 0.15) is 0 Å². The maximum Gasteiger partial charge on any atom is 0.417 e. The van der Waals surface area contributed by atoms with Crippen molar-refractivity contribution >= 4 is 26.5 Å². The molecule has 1 amide bonds. The highest BCUT2D eigenvalue weighted by Gasteiger charge is 2.37. The van der Waals surface area contributed by atoms with Crippen LogP contribution in [0.3, 0.4) is 0 Å². The van der Waals surface area contributed by atoms with Crippen LogP contribution in [0.5, 0.6) is 0 Å². The minimum Gasteiger partial charge on any atom is -0.348 e. The maximum absolute atomic E-state index is 13.3. The molecule has 5 nitrogen and oxygen atoms in total. The first-order chi connectivity index (χ1) is 15.7. The largest absolute Gasteiger partial charge is 0.417 e. The summed E-state index contributed by atoms with van der Waals surface area (Å²) in [5, 5.41) is 4.51. The van der Waals surface area contributed by atoms with Crippen molar-refractivity contribution in [2.45, 2.75) is 22.5 Å². The van der Waals surface area contributed by atoms with Crippen molar-refractivity contribution in [3.63, 3.8) is 0 Å². The van der Waals surface area contributed by atoms with Crippen LogP contribution in [-0.2, 0) is 22.6 Å². The zero-order valence-electron chi connectivity index (χ0n) is 17.0. The number of nitrogens with zero attached hydrogens (tertiary/aromatic N) is 1. The van der Waals surface area contributed by atoms with E-state index in [1.54, 1.807) is 24.5 Å². The standard InChI is InChI=1S/C24H17F3N2O3S/c25-24(26,27)21-3-1-2-4-22(21)33(31,32)20-9-5-16(6-10-20)14-29-23(30)18-8-7-17-11-12-28-15-19(17)13-18/h1-13,15H,14H2,(H,29,30). The van der Waals surface area contributed by atoms with E-state index in [9.17, 15) is 26.4 Å². The highest BCUT2D eigenvalue weighted by atomic mass is 32.2. The van der Waals surface area contributed by atoms with E-state index >= 15 is 0 Å². The monoisotopic (exact) mass is 470 g/mol. The number of aromatic nitrogens is 1. The molecule has 0 unspecified atom stereocenters. The van der Waals surface area contributed by atoms with Crippen LogP contribution in [0.15, 0.2) is 95.0 Å². The molecule has 0 aliphatic heterocycles. The number of hydrogen-bond donors (Lipinski definition) is 1. The van der Waals surface area contributed by atoms with Gasteiger partial charge in [-0.05, 0) is 53.4 Å². The second-order valence-electron chi connectivity index (χ2n) is 7.26. The first-order valence-electron chi connectivity index (χ1n) is 9.78. The van der Waals surface area contributed by atoms with Gasteiger partial charge in [-0.15, -0.1) is 0 Å². The number of benzene rings is 3. The SMILES string of the molecule is O=C(NCc1ccc(S(=O)(=O)c2ccccc2C(F)(F)F)cc1)c1ccc2ccncc2c1. The normalized spacial score (nSPS) is 12.0. The van der Waals surface area contributed by atoms with Crippen LogP contribution in [0, 0.1) is 0 Å². The number of rotatable bonds is 5. The number of sulfone groups is 1.